The van der Waals surface area contributed by atoms with E-state index in [1.165, 1.54) is 4.90 Å². The first-order chi connectivity index (χ1) is 13.3. The predicted molar refractivity (Wildman–Crippen MR) is 111 cm³/mol. The number of halogens is 1. The third kappa shape index (κ3) is 4.48. The van der Waals surface area contributed by atoms with E-state index in [9.17, 15) is 9.59 Å². The fraction of sp³-hybridized carbons (Fsp3) is 0.263. The Morgan fingerprint density at radius 2 is 1.96 bits per heavy atom. The highest BCUT2D eigenvalue weighted by Crippen LogP contribution is 2.20. The number of nitrogens with one attached hydrogen (secondary N) is 2. The number of urea groups is 1. The summed E-state index contributed by atoms with van der Waals surface area (Å²) in [5, 5.41) is 13.8. The quantitative estimate of drug-likeness (QED) is 0.632. The van der Waals surface area contributed by atoms with Crippen molar-refractivity contribution in [3.63, 3.8) is 0 Å². The number of aromatic nitrogens is 3. The minimum absolute atomic E-state index is 0.0852. The van der Waals surface area contributed by atoms with Crippen molar-refractivity contribution in [2.24, 2.45) is 0 Å². The third-order valence-corrected chi connectivity index (χ3v) is 5.08. The van der Waals surface area contributed by atoms with Crippen LogP contribution in [0.25, 0.3) is 11.0 Å². The molecule has 3 aromatic rings. The van der Waals surface area contributed by atoms with Crippen LogP contribution in [0.1, 0.15) is 15.9 Å². The van der Waals surface area contributed by atoms with E-state index in [0.29, 0.717) is 24.2 Å². The van der Waals surface area contributed by atoms with Gasteiger partial charge in [0, 0.05) is 36.4 Å². The van der Waals surface area contributed by atoms with Crippen LogP contribution in [0.4, 0.5) is 10.5 Å². The van der Waals surface area contributed by atoms with Gasteiger partial charge in [-0.3, -0.25) is 4.79 Å². The van der Waals surface area contributed by atoms with Crippen LogP contribution in [0.3, 0.4) is 0 Å². The summed E-state index contributed by atoms with van der Waals surface area (Å²) in [5.41, 5.74) is 3.77. The van der Waals surface area contributed by atoms with Crippen LogP contribution < -0.4 is 10.6 Å². The van der Waals surface area contributed by atoms with Crippen LogP contribution in [-0.4, -0.2) is 52.5 Å². The Labute approximate surface area is 171 Å². The van der Waals surface area contributed by atoms with Crippen LogP contribution >= 0.6 is 15.9 Å². The van der Waals surface area contributed by atoms with Crippen molar-refractivity contribution >= 4 is 44.6 Å². The van der Waals surface area contributed by atoms with Crippen molar-refractivity contribution < 1.29 is 9.59 Å². The Kier molecular flexibility index (Phi) is 5.93. The van der Waals surface area contributed by atoms with Gasteiger partial charge in [0.2, 0.25) is 0 Å². The van der Waals surface area contributed by atoms with Crippen molar-refractivity contribution in [1.29, 1.82) is 0 Å². The normalized spacial score (nSPS) is 10.7. The van der Waals surface area contributed by atoms with Gasteiger partial charge in [-0.05, 0) is 48.9 Å². The second kappa shape index (κ2) is 8.39. The molecule has 0 radical (unpaired) electrons. The number of fused-ring (bicyclic) bond motifs is 1. The van der Waals surface area contributed by atoms with E-state index in [-0.39, 0.29) is 11.9 Å². The lowest BCUT2D eigenvalue weighted by Crippen LogP contribution is -2.31. The van der Waals surface area contributed by atoms with E-state index in [4.69, 9.17) is 0 Å². The van der Waals surface area contributed by atoms with Crippen molar-refractivity contribution in [2.45, 2.75) is 13.5 Å². The molecule has 28 heavy (non-hydrogen) atoms. The first kappa shape index (κ1) is 19.8. The van der Waals surface area contributed by atoms with Crippen LogP contribution in [0, 0.1) is 6.92 Å². The fourth-order valence-corrected chi connectivity index (χ4v) is 2.95. The number of carbonyl (C=O) groups is 2. The summed E-state index contributed by atoms with van der Waals surface area (Å²) < 4.78 is 2.69. The Balaban J connectivity index is 1.58. The van der Waals surface area contributed by atoms with Crippen molar-refractivity contribution in [3.05, 3.63) is 52.0 Å². The van der Waals surface area contributed by atoms with E-state index in [2.05, 4.69) is 36.9 Å². The monoisotopic (exact) mass is 444 g/mol. The zero-order valence-electron chi connectivity index (χ0n) is 15.9. The van der Waals surface area contributed by atoms with Gasteiger partial charge < -0.3 is 15.5 Å². The summed E-state index contributed by atoms with van der Waals surface area (Å²) >= 11 is 3.43. The van der Waals surface area contributed by atoms with E-state index in [0.717, 1.165) is 21.2 Å². The van der Waals surface area contributed by atoms with E-state index in [1.54, 1.807) is 30.9 Å². The average Bonchev–Trinajstić information content (AvgIpc) is 3.06. The second-order valence-electron chi connectivity index (χ2n) is 6.56. The maximum absolute atomic E-state index is 12.1. The minimum Gasteiger partial charge on any atom is -0.345 e. The first-order valence-electron chi connectivity index (χ1n) is 8.71. The van der Waals surface area contributed by atoms with Crippen LogP contribution in [0.5, 0.6) is 0 Å². The lowest BCUT2D eigenvalue weighted by Gasteiger charge is -2.10. The van der Waals surface area contributed by atoms with Crippen LogP contribution in [0.2, 0.25) is 0 Å². The number of aryl methyl sites for hydroxylation is 1. The summed E-state index contributed by atoms with van der Waals surface area (Å²) in [5.74, 6) is -0.0852. The summed E-state index contributed by atoms with van der Waals surface area (Å²) in [6, 6.07) is 10.6. The first-order valence-corrected chi connectivity index (χ1v) is 9.50. The highest BCUT2D eigenvalue weighted by atomic mass is 79.9. The molecule has 146 valence electrons. The zero-order valence-corrected chi connectivity index (χ0v) is 17.4. The largest absolute Gasteiger partial charge is 0.345 e. The average molecular weight is 445 g/mol. The van der Waals surface area contributed by atoms with Crippen molar-refractivity contribution in [2.75, 3.05) is 26.0 Å². The Hall–Kier alpha value is -2.94. The molecule has 3 amide bonds. The summed E-state index contributed by atoms with van der Waals surface area (Å²) in [6.45, 7) is 2.81. The summed E-state index contributed by atoms with van der Waals surface area (Å²) in [6.07, 6.45) is 0. The van der Waals surface area contributed by atoms with Gasteiger partial charge in [0.05, 0.1) is 12.1 Å². The van der Waals surface area contributed by atoms with Crippen molar-refractivity contribution in [3.8, 4) is 0 Å². The molecule has 8 nitrogen and oxygen atoms in total. The van der Waals surface area contributed by atoms with Gasteiger partial charge in [-0.2, -0.15) is 0 Å². The van der Waals surface area contributed by atoms with Crippen LogP contribution in [-0.2, 0) is 6.54 Å². The highest BCUT2D eigenvalue weighted by molar-refractivity contribution is 9.10. The van der Waals surface area contributed by atoms with E-state index >= 15 is 0 Å². The topological polar surface area (TPSA) is 92.1 Å². The molecule has 9 heteroatoms. The molecule has 0 unspecified atom stereocenters. The Bertz CT molecular complexity index is 1030. The molecule has 0 saturated carbocycles. The molecular formula is C19H21BrN6O2. The molecular weight excluding hydrogens is 424 g/mol. The summed E-state index contributed by atoms with van der Waals surface area (Å²) in [4.78, 5) is 25.6. The Morgan fingerprint density at radius 3 is 2.68 bits per heavy atom. The molecule has 0 saturated heterocycles. The molecule has 0 aliphatic rings. The minimum atomic E-state index is -0.287. The number of nitrogens with zero attached hydrogens (tertiary/aromatic N) is 4. The number of rotatable bonds is 5. The van der Waals surface area contributed by atoms with Crippen molar-refractivity contribution in [1.82, 2.24) is 25.2 Å². The SMILES string of the molecule is Cc1cc(NC(=O)NCCn2nnc3cc(C(=O)N(C)C)ccc32)ccc1Br. The van der Waals surface area contributed by atoms with E-state index in [1.807, 2.05) is 31.2 Å². The molecule has 3 rings (SSSR count). The van der Waals surface area contributed by atoms with Gasteiger partial charge in [0.15, 0.2) is 0 Å². The predicted octanol–water partition coefficient (Wildman–Crippen LogP) is 3.03. The van der Waals surface area contributed by atoms with Gasteiger partial charge in [0.25, 0.3) is 5.91 Å². The molecule has 1 aromatic heterocycles. The number of amides is 3. The molecule has 1 heterocycles. The molecule has 0 spiro atoms. The van der Waals surface area contributed by atoms with Gasteiger partial charge in [-0.15, -0.1) is 5.10 Å². The zero-order chi connectivity index (χ0) is 20.3. The molecule has 2 N–H and O–H groups in total. The number of anilines is 1. The lowest BCUT2D eigenvalue weighted by molar-refractivity contribution is 0.0827. The molecule has 2 aromatic carbocycles. The molecule has 0 aliphatic heterocycles. The molecule has 0 atom stereocenters. The number of hydrogen-bond donors (Lipinski definition) is 2. The van der Waals surface area contributed by atoms with Gasteiger partial charge in [0.1, 0.15) is 5.52 Å². The number of hydrogen-bond acceptors (Lipinski definition) is 4. The standard InChI is InChI=1S/C19H21BrN6O2/c1-12-10-14(5-6-15(12)20)22-19(28)21-8-9-26-17-7-4-13(18(27)25(2)3)11-16(17)23-24-26/h4-7,10-11H,8-9H2,1-3H3,(H2,21,22,28). The highest BCUT2D eigenvalue weighted by Gasteiger charge is 2.12. The maximum Gasteiger partial charge on any atom is 0.319 e. The number of benzene rings is 2. The number of carbonyl (C=O) groups excluding carboxylic acids is 2. The second-order valence-corrected chi connectivity index (χ2v) is 7.41. The van der Waals surface area contributed by atoms with Gasteiger partial charge in [-0.25, -0.2) is 9.48 Å². The van der Waals surface area contributed by atoms with E-state index < -0.39 is 0 Å². The molecule has 0 aliphatic carbocycles. The molecule has 0 fully saturated rings. The fourth-order valence-electron chi connectivity index (χ4n) is 2.70. The van der Waals surface area contributed by atoms with Gasteiger partial charge >= 0.3 is 6.03 Å². The third-order valence-electron chi connectivity index (χ3n) is 4.19. The van der Waals surface area contributed by atoms with Crippen LogP contribution in [0.15, 0.2) is 40.9 Å². The smallest absolute Gasteiger partial charge is 0.319 e. The maximum atomic E-state index is 12.1. The van der Waals surface area contributed by atoms with Gasteiger partial charge in [-0.1, -0.05) is 21.1 Å². The summed E-state index contributed by atoms with van der Waals surface area (Å²) in [7, 11) is 3.41. The molecule has 0 bridgehead atoms. The lowest BCUT2D eigenvalue weighted by atomic mass is 10.2. The Morgan fingerprint density at radius 1 is 1.18 bits per heavy atom.